The van der Waals surface area contributed by atoms with Gasteiger partial charge in [0.05, 0.1) is 14.2 Å². The fourth-order valence-corrected chi connectivity index (χ4v) is 4.06. The molecule has 0 spiro atoms. The molecule has 0 aromatic heterocycles. The van der Waals surface area contributed by atoms with Crippen LogP contribution in [0.3, 0.4) is 0 Å². The first-order valence-electron chi connectivity index (χ1n) is 12.0. The van der Waals surface area contributed by atoms with Gasteiger partial charge in [-0.3, -0.25) is 0 Å². The van der Waals surface area contributed by atoms with Gasteiger partial charge in [-0.15, -0.1) is 0 Å². The van der Waals surface area contributed by atoms with Crippen molar-refractivity contribution in [2.24, 2.45) is 0 Å². The molecule has 1 aliphatic rings. The topological polar surface area (TPSA) is 21.5 Å². The summed E-state index contributed by atoms with van der Waals surface area (Å²) in [6.45, 7) is 0. The predicted octanol–water partition coefficient (Wildman–Crippen LogP) is 6.98. The lowest BCUT2D eigenvalue weighted by Gasteiger charge is -2.11. The van der Waals surface area contributed by atoms with Crippen molar-refractivity contribution >= 4 is 16.9 Å². The van der Waals surface area contributed by atoms with Crippen molar-refractivity contribution in [3.63, 3.8) is 0 Å². The summed E-state index contributed by atoms with van der Waals surface area (Å²) in [5.74, 6) is 1.67. The fourth-order valence-electron chi connectivity index (χ4n) is 4.06. The second kappa shape index (κ2) is 11.9. The molecular weight excluding hydrogens is 442 g/mol. The second-order valence-corrected chi connectivity index (χ2v) is 8.62. The van der Waals surface area contributed by atoms with Crippen LogP contribution in [0.25, 0.3) is 11.1 Å². The minimum atomic E-state index is 0.837. The molecule has 0 heterocycles. The van der Waals surface area contributed by atoms with Gasteiger partial charge < -0.3 is 9.47 Å². The van der Waals surface area contributed by atoms with E-state index in [-0.39, 0.29) is 0 Å². The molecule has 0 fully saturated rings. The molecule has 0 atom stereocenters. The van der Waals surface area contributed by atoms with Crippen LogP contribution in [0.15, 0.2) is 127 Å². The van der Waals surface area contributed by atoms with Crippen LogP contribution in [0.5, 0.6) is 11.5 Å². The van der Waals surface area contributed by atoms with E-state index in [0.29, 0.717) is 0 Å². The van der Waals surface area contributed by atoms with Crippen molar-refractivity contribution < 1.29 is 14.0 Å². The fraction of sp³-hybridized carbons (Fsp3) is 0.121. The number of hydrogen-bond donors (Lipinski definition) is 0. The van der Waals surface area contributed by atoms with Crippen LogP contribution >= 0.6 is 0 Å². The number of ether oxygens (including phenoxy) is 2. The van der Waals surface area contributed by atoms with Gasteiger partial charge in [-0.25, -0.2) is 4.58 Å². The van der Waals surface area contributed by atoms with Crippen molar-refractivity contribution in [2.75, 3.05) is 28.3 Å². The molecule has 1 aliphatic carbocycles. The van der Waals surface area contributed by atoms with Gasteiger partial charge in [-0.2, -0.15) is 0 Å². The summed E-state index contributed by atoms with van der Waals surface area (Å²) in [7, 11) is 7.48. The van der Waals surface area contributed by atoms with Gasteiger partial charge in [0.25, 0.3) is 0 Å². The molecular formula is C33H32NO2+. The van der Waals surface area contributed by atoms with E-state index in [9.17, 15) is 0 Å². The van der Waals surface area contributed by atoms with Crippen LogP contribution in [0, 0.1) is 0 Å². The first kappa shape index (κ1) is 24.7. The van der Waals surface area contributed by atoms with E-state index in [1.54, 1.807) is 14.2 Å². The number of rotatable bonds is 7. The molecule has 0 aliphatic heterocycles. The minimum absolute atomic E-state index is 0.837. The first-order valence-corrected chi connectivity index (χ1v) is 12.0. The average Bonchev–Trinajstić information content (AvgIpc) is 2.94. The summed E-state index contributed by atoms with van der Waals surface area (Å²) in [5.41, 5.74) is 8.04. The molecule has 0 bridgehead atoms. The Bertz CT molecular complexity index is 1300. The predicted molar refractivity (Wildman–Crippen MR) is 151 cm³/mol. The molecule has 3 aromatic rings. The van der Waals surface area contributed by atoms with Crippen LogP contribution in [-0.2, 0) is 0 Å². The Balaban J connectivity index is 1.77. The Morgan fingerprint density at radius 2 is 1.17 bits per heavy atom. The van der Waals surface area contributed by atoms with Gasteiger partial charge in [0.1, 0.15) is 25.6 Å². The summed E-state index contributed by atoms with van der Waals surface area (Å²) >= 11 is 0. The second-order valence-electron chi connectivity index (χ2n) is 8.62. The van der Waals surface area contributed by atoms with Crippen molar-refractivity contribution in [1.29, 1.82) is 0 Å². The van der Waals surface area contributed by atoms with Gasteiger partial charge in [0.2, 0.25) is 0 Å². The van der Waals surface area contributed by atoms with E-state index in [0.717, 1.165) is 28.2 Å². The van der Waals surface area contributed by atoms with E-state index in [1.165, 1.54) is 22.4 Å². The van der Waals surface area contributed by atoms with E-state index < -0.39 is 0 Å². The molecule has 0 saturated carbocycles. The molecule has 3 heteroatoms. The molecule has 4 rings (SSSR count). The maximum atomic E-state index is 5.36. The Hall–Kier alpha value is -4.37. The lowest BCUT2D eigenvalue weighted by Crippen LogP contribution is -2.09. The summed E-state index contributed by atoms with van der Waals surface area (Å²) in [6.07, 6.45) is 15.2. The smallest absolute Gasteiger partial charge is 0.199 e. The maximum Gasteiger partial charge on any atom is 0.199 e. The molecule has 3 aromatic carbocycles. The Morgan fingerprint density at radius 3 is 1.64 bits per heavy atom. The highest BCUT2D eigenvalue weighted by Crippen LogP contribution is 2.28. The number of benzene rings is 3. The SMILES string of the molecule is COc1ccc(C(=C/C=C/C(=C2C=CC(=[N+](C)C)C=C2)c2ccccc2)c2ccc(OC)cc2)cc1. The molecule has 0 amide bonds. The zero-order valence-corrected chi connectivity index (χ0v) is 21.3. The summed E-state index contributed by atoms with van der Waals surface area (Å²) in [5, 5.41) is 0. The summed E-state index contributed by atoms with van der Waals surface area (Å²) < 4.78 is 12.8. The third-order valence-electron chi connectivity index (χ3n) is 6.11. The molecule has 180 valence electrons. The highest BCUT2D eigenvalue weighted by atomic mass is 16.5. The maximum absolute atomic E-state index is 5.36. The average molecular weight is 475 g/mol. The molecule has 36 heavy (non-hydrogen) atoms. The van der Waals surface area contributed by atoms with Crippen LogP contribution in [0.1, 0.15) is 16.7 Å². The van der Waals surface area contributed by atoms with Crippen LogP contribution < -0.4 is 9.47 Å². The van der Waals surface area contributed by atoms with Gasteiger partial charge >= 0.3 is 0 Å². The highest BCUT2D eigenvalue weighted by Gasteiger charge is 2.10. The van der Waals surface area contributed by atoms with Crippen molar-refractivity contribution in [2.45, 2.75) is 0 Å². The summed E-state index contributed by atoms with van der Waals surface area (Å²) in [4.78, 5) is 0. The van der Waals surface area contributed by atoms with Gasteiger partial charge in [-0.05, 0) is 69.8 Å². The van der Waals surface area contributed by atoms with Crippen LogP contribution in [-0.4, -0.2) is 38.6 Å². The monoisotopic (exact) mass is 474 g/mol. The molecule has 0 radical (unpaired) electrons. The van der Waals surface area contributed by atoms with E-state index >= 15 is 0 Å². The molecule has 0 saturated heterocycles. The first-order chi connectivity index (χ1) is 17.6. The summed E-state index contributed by atoms with van der Waals surface area (Å²) in [6, 6.07) is 26.8. The number of allylic oxidation sites excluding steroid dienone is 9. The number of nitrogens with zero attached hydrogens (tertiary/aromatic N) is 1. The van der Waals surface area contributed by atoms with Crippen LogP contribution in [0.4, 0.5) is 0 Å². The van der Waals surface area contributed by atoms with Crippen molar-refractivity contribution in [3.8, 4) is 11.5 Å². The zero-order chi connectivity index (χ0) is 25.3. The Kier molecular flexibility index (Phi) is 8.15. The standard InChI is InChI=1S/C33H32NO2/c1-34(2)29-19-13-26(14-20-29)32(25-9-6-5-7-10-25)11-8-12-33(27-15-21-30(35-3)22-16-27)28-17-23-31(36-4)24-18-28/h5-24H,1-4H3/q+1/b11-8+. The Morgan fingerprint density at radius 1 is 0.639 bits per heavy atom. The van der Waals surface area contributed by atoms with Gasteiger partial charge in [-0.1, -0.05) is 72.8 Å². The molecule has 0 N–H and O–H groups in total. The molecule has 0 unspecified atom stereocenters. The normalized spacial score (nSPS) is 12.6. The van der Waals surface area contributed by atoms with Gasteiger partial charge in [0, 0.05) is 12.2 Å². The van der Waals surface area contributed by atoms with E-state index in [1.807, 2.05) is 30.3 Å². The third-order valence-corrected chi connectivity index (χ3v) is 6.11. The van der Waals surface area contributed by atoms with Gasteiger partial charge in [0.15, 0.2) is 5.71 Å². The number of hydrogen-bond acceptors (Lipinski definition) is 2. The van der Waals surface area contributed by atoms with E-state index in [2.05, 4.69) is 110 Å². The lowest BCUT2D eigenvalue weighted by atomic mass is 9.94. The van der Waals surface area contributed by atoms with E-state index in [4.69, 9.17) is 9.47 Å². The molecule has 3 nitrogen and oxygen atoms in total. The zero-order valence-electron chi connectivity index (χ0n) is 21.3. The van der Waals surface area contributed by atoms with Crippen LogP contribution in [0.2, 0.25) is 0 Å². The van der Waals surface area contributed by atoms with Crippen molar-refractivity contribution in [1.82, 2.24) is 0 Å². The Labute approximate surface area is 214 Å². The van der Waals surface area contributed by atoms with Crippen molar-refractivity contribution in [3.05, 3.63) is 144 Å². The minimum Gasteiger partial charge on any atom is -0.497 e. The third kappa shape index (κ3) is 6.00. The quantitative estimate of drug-likeness (QED) is 0.272. The lowest BCUT2D eigenvalue weighted by molar-refractivity contribution is -0.462. The largest absolute Gasteiger partial charge is 0.497 e. The highest BCUT2D eigenvalue weighted by molar-refractivity contribution is 6.03. The number of methoxy groups -OCH3 is 2.